The number of hydrogen-bond acceptors (Lipinski definition) is 2. The van der Waals surface area contributed by atoms with E-state index in [2.05, 4.69) is 29.7 Å². The third-order valence-electron chi connectivity index (χ3n) is 3.85. The topological polar surface area (TPSA) is 41.1 Å². The van der Waals surface area contributed by atoms with Crippen molar-refractivity contribution in [2.24, 2.45) is 5.41 Å². The second-order valence-corrected chi connectivity index (χ2v) is 5.45. The third-order valence-corrected chi connectivity index (χ3v) is 3.85. The molecule has 1 aromatic carbocycles. The van der Waals surface area contributed by atoms with Crippen molar-refractivity contribution in [2.45, 2.75) is 33.2 Å². The van der Waals surface area contributed by atoms with Gasteiger partial charge in [-0.25, -0.2) is 0 Å². The van der Waals surface area contributed by atoms with E-state index in [1.54, 1.807) is 0 Å². The molecule has 0 radical (unpaired) electrons. The molecule has 1 heterocycles. The smallest absolute Gasteiger partial charge is 0.227 e. The fourth-order valence-electron chi connectivity index (χ4n) is 2.45. The molecule has 1 aromatic rings. The Labute approximate surface area is 109 Å². The molecule has 1 aliphatic rings. The van der Waals surface area contributed by atoms with Gasteiger partial charge in [-0.15, -0.1) is 0 Å². The average Bonchev–Trinajstić information content (AvgIpc) is 2.38. The lowest BCUT2D eigenvalue weighted by Crippen LogP contribution is -2.48. The Morgan fingerprint density at radius 1 is 1.44 bits per heavy atom. The zero-order valence-corrected chi connectivity index (χ0v) is 11.3. The Bertz CT molecular complexity index is 422. The van der Waals surface area contributed by atoms with Crippen molar-refractivity contribution in [3.05, 3.63) is 35.4 Å². The van der Waals surface area contributed by atoms with Crippen LogP contribution in [0.25, 0.3) is 0 Å². The normalized spacial score (nSPS) is 23.7. The highest BCUT2D eigenvalue weighted by molar-refractivity contribution is 5.82. The fraction of sp³-hybridized carbons (Fsp3) is 0.533. The molecule has 0 unspecified atom stereocenters. The summed E-state index contributed by atoms with van der Waals surface area (Å²) in [4.78, 5) is 12.3. The third kappa shape index (κ3) is 2.91. The number of carbonyl (C=O) groups is 1. The van der Waals surface area contributed by atoms with Crippen LogP contribution in [0.2, 0.25) is 0 Å². The fourth-order valence-corrected chi connectivity index (χ4v) is 2.45. The molecule has 0 aromatic heterocycles. The number of amides is 1. The van der Waals surface area contributed by atoms with Crippen LogP contribution in [-0.4, -0.2) is 19.0 Å². The van der Waals surface area contributed by atoms with Crippen molar-refractivity contribution < 1.29 is 4.79 Å². The summed E-state index contributed by atoms with van der Waals surface area (Å²) in [7, 11) is 0. The molecule has 3 nitrogen and oxygen atoms in total. The molecule has 0 saturated carbocycles. The molecule has 0 aliphatic carbocycles. The summed E-state index contributed by atoms with van der Waals surface area (Å²) in [5.41, 5.74) is 2.17. The molecule has 1 amide bonds. The second kappa shape index (κ2) is 5.53. The van der Waals surface area contributed by atoms with Crippen LogP contribution in [0.15, 0.2) is 24.3 Å². The predicted octanol–water partition coefficient (Wildman–Crippen LogP) is 2.00. The van der Waals surface area contributed by atoms with Gasteiger partial charge >= 0.3 is 0 Å². The maximum atomic E-state index is 12.3. The Balaban J connectivity index is 1.94. The van der Waals surface area contributed by atoms with Gasteiger partial charge in [0.1, 0.15) is 0 Å². The molecule has 18 heavy (non-hydrogen) atoms. The van der Waals surface area contributed by atoms with E-state index in [1.165, 1.54) is 11.1 Å². The van der Waals surface area contributed by atoms with Gasteiger partial charge in [0.05, 0.1) is 5.41 Å². The Morgan fingerprint density at radius 2 is 2.22 bits per heavy atom. The van der Waals surface area contributed by atoms with E-state index in [9.17, 15) is 4.79 Å². The van der Waals surface area contributed by atoms with Crippen LogP contribution in [0.5, 0.6) is 0 Å². The summed E-state index contributed by atoms with van der Waals surface area (Å²) in [6.07, 6.45) is 2.05. The minimum atomic E-state index is -0.249. The number of nitrogens with one attached hydrogen (secondary N) is 2. The van der Waals surface area contributed by atoms with E-state index in [0.29, 0.717) is 6.54 Å². The van der Waals surface area contributed by atoms with Gasteiger partial charge in [0.25, 0.3) is 0 Å². The van der Waals surface area contributed by atoms with E-state index in [-0.39, 0.29) is 11.3 Å². The summed E-state index contributed by atoms with van der Waals surface area (Å²) in [5.74, 6) is 0.165. The van der Waals surface area contributed by atoms with Crippen LogP contribution in [0.1, 0.15) is 30.9 Å². The zero-order valence-electron chi connectivity index (χ0n) is 11.3. The van der Waals surface area contributed by atoms with Gasteiger partial charge in [-0.2, -0.15) is 0 Å². The van der Waals surface area contributed by atoms with Crippen LogP contribution < -0.4 is 10.6 Å². The first-order valence-corrected chi connectivity index (χ1v) is 6.65. The van der Waals surface area contributed by atoms with Crippen LogP contribution in [0.4, 0.5) is 0 Å². The van der Waals surface area contributed by atoms with Crippen LogP contribution in [0.3, 0.4) is 0 Å². The quantitative estimate of drug-likeness (QED) is 0.856. The molecule has 1 aliphatic heterocycles. The largest absolute Gasteiger partial charge is 0.352 e. The Kier molecular flexibility index (Phi) is 4.02. The number of aryl methyl sites for hydroxylation is 1. The molecule has 1 atom stereocenters. The van der Waals surface area contributed by atoms with E-state index in [1.807, 2.05) is 19.1 Å². The summed E-state index contributed by atoms with van der Waals surface area (Å²) in [6.45, 7) is 6.56. The zero-order chi connectivity index (χ0) is 13.0. The number of hydrogen-bond donors (Lipinski definition) is 2. The number of rotatable bonds is 3. The van der Waals surface area contributed by atoms with Gasteiger partial charge in [-0.05, 0) is 44.4 Å². The molecule has 2 N–H and O–H groups in total. The van der Waals surface area contributed by atoms with Gasteiger partial charge in [-0.1, -0.05) is 24.3 Å². The van der Waals surface area contributed by atoms with Gasteiger partial charge in [0.15, 0.2) is 0 Å². The van der Waals surface area contributed by atoms with Crippen molar-refractivity contribution in [3.63, 3.8) is 0 Å². The van der Waals surface area contributed by atoms with E-state index in [0.717, 1.165) is 25.9 Å². The highest BCUT2D eigenvalue weighted by atomic mass is 16.2. The first-order chi connectivity index (χ1) is 8.62. The minimum Gasteiger partial charge on any atom is -0.352 e. The standard InChI is InChI=1S/C15H22N2O/c1-12-6-3-4-7-13(12)10-17-14(18)15(2)8-5-9-16-11-15/h3-4,6-7,16H,5,8-11H2,1-2H3,(H,17,18)/t15-/m1/s1. The van der Waals surface area contributed by atoms with Gasteiger partial charge in [0.2, 0.25) is 5.91 Å². The molecular weight excluding hydrogens is 224 g/mol. The van der Waals surface area contributed by atoms with Crippen molar-refractivity contribution in [3.8, 4) is 0 Å². The second-order valence-electron chi connectivity index (χ2n) is 5.45. The lowest BCUT2D eigenvalue weighted by Gasteiger charge is -2.32. The molecule has 2 rings (SSSR count). The summed E-state index contributed by atoms with van der Waals surface area (Å²) in [5, 5.41) is 6.38. The predicted molar refractivity (Wildman–Crippen MR) is 73.2 cm³/mol. The molecular formula is C15H22N2O. The van der Waals surface area contributed by atoms with Crippen molar-refractivity contribution >= 4 is 5.91 Å². The van der Waals surface area contributed by atoms with Crippen LogP contribution >= 0.6 is 0 Å². The van der Waals surface area contributed by atoms with Crippen molar-refractivity contribution in [1.29, 1.82) is 0 Å². The number of piperidine rings is 1. The van der Waals surface area contributed by atoms with E-state index in [4.69, 9.17) is 0 Å². The minimum absolute atomic E-state index is 0.165. The molecule has 1 saturated heterocycles. The first kappa shape index (κ1) is 13.1. The highest BCUT2D eigenvalue weighted by Gasteiger charge is 2.34. The molecule has 3 heteroatoms. The SMILES string of the molecule is Cc1ccccc1CNC(=O)[C@]1(C)CCCNC1. The average molecular weight is 246 g/mol. The van der Waals surface area contributed by atoms with Gasteiger partial charge in [0, 0.05) is 13.1 Å². The first-order valence-electron chi connectivity index (χ1n) is 6.65. The van der Waals surface area contributed by atoms with Gasteiger partial charge < -0.3 is 10.6 Å². The molecule has 0 bridgehead atoms. The molecule has 1 fully saturated rings. The van der Waals surface area contributed by atoms with E-state index < -0.39 is 0 Å². The lowest BCUT2D eigenvalue weighted by molar-refractivity contribution is -0.131. The van der Waals surface area contributed by atoms with Crippen LogP contribution in [-0.2, 0) is 11.3 Å². The van der Waals surface area contributed by atoms with Crippen molar-refractivity contribution in [1.82, 2.24) is 10.6 Å². The lowest BCUT2D eigenvalue weighted by atomic mass is 9.82. The van der Waals surface area contributed by atoms with Crippen LogP contribution in [0, 0.1) is 12.3 Å². The molecule has 98 valence electrons. The van der Waals surface area contributed by atoms with Crippen molar-refractivity contribution in [2.75, 3.05) is 13.1 Å². The maximum absolute atomic E-state index is 12.3. The summed E-state index contributed by atoms with van der Waals surface area (Å²) >= 11 is 0. The highest BCUT2D eigenvalue weighted by Crippen LogP contribution is 2.25. The van der Waals surface area contributed by atoms with Gasteiger partial charge in [-0.3, -0.25) is 4.79 Å². The molecule has 0 spiro atoms. The van der Waals surface area contributed by atoms with E-state index >= 15 is 0 Å². The summed E-state index contributed by atoms with van der Waals surface area (Å²) < 4.78 is 0. The Morgan fingerprint density at radius 3 is 2.89 bits per heavy atom. The number of benzene rings is 1. The maximum Gasteiger partial charge on any atom is 0.227 e. The Hall–Kier alpha value is -1.35. The number of carbonyl (C=O) groups excluding carboxylic acids is 1. The summed E-state index contributed by atoms with van der Waals surface area (Å²) in [6, 6.07) is 8.17. The monoisotopic (exact) mass is 246 g/mol.